The summed E-state index contributed by atoms with van der Waals surface area (Å²) in [6.07, 6.45) is 5.90. The summed E-state index contributed by atoms with van der Waals surface area (Å²) in [6.45, 7) is 5.72. The maximum atomic E-state index is 12.7. The fourth-order valence-electron chi connectivity index (χ4n) is 4.88. The first-order valence-electron chi connectivity index (χ1n) is 10.0. The topological polar surface area (TPSA) is 67.0 Å². The van der Waals surface area contributed by atoms with Gasteiger partial charge in [-0.2, -0.15) is 5.10 Å². The largest absolute Gasteiger partial charge is 0.376 e. The molecule has 0 saturated carbocycles. The number of ether oxygens (including phenoxy) is 1. The van der Waals surface area contributed by atoms with Crippen LogP contribution in [-0.2, 0) is 23.0 Å². The van der Waals surface area contributed by atoms with Crippen LogP contribution in [0, 0.1) is 0 Å². The number of hydrogen-bond acceptors (Lipinski definition) is 3. The number of nitrogens with zero attached hydrogens (tertiary/aromatic N) is 1. The van der Waals surface area contributed by atoms with Crippen molar-refractivity contribution in [1.82, 2.24) is 15.5 Å². The Kier molecular flexibility index (Phi) is 4.81. The highest BCUT2D eigenvalue weighted by Gasteiger charge is 2.41. The first-order chi connectivity index (χ1) is 13.0. The van der Waals surface area contributed by atoms with Crippen LogP contribution in [0.5, 0.6) is 0 Å². The van der Waals surface area contributed by atoms with Gasteiger partial charge in [0.15, 0.2) is 5.69 Å². The minimum absolute atomic E-state index is 0.0316. The van der Waals surface area contributed by atoms with Crippen LogP contribution in [-0.4, -0.2) is 34.9 Å². The third-order valence-electron chi connectivity index (χ3n) is 6.13. The van der Waals surface area contributed by atoms with Crippen molar-refractivity contribution in [2.75, 3.05) is 13.2 Å². The van der Waals surface area contributed by atoms with E-state index in [9.17, 15) is 4.79 Å². The second kappa shape index (κ2) is 7.12. The lowest BCUT2D eigenvalue weighted by molar-refractivity contribution is -0.0838. The van der Waals surface area contributed by atoms with Crippen LogP contribution in [0.3, 0.4) is 0 Å². The van der Waals surface area contributed by atoms with Crippen LogP contribution in [0.25, 0.3) is 0 Å². The molecule has 1 saturated heterocycles. The summed E-state index contributed by atoms with van der Waals surface area (Å²) in [7, 11) is 0. The van der Waals surface area contributed by atoms with E-state index < -0.39 is 0 Å². The minimum atomic E-state index is -0.152. The average molecular weight is 367 g/mol. The van der Waals surface area contributed by atoms with Gasteiger partial charge in [0.1, 0.15) is 0 Å². The zero-order chi connectivity index (χ0) is 18.9. The first-order valence-corrected chi connectivity index (χ1v) is 10.0. The molecular formula is C22H29N3O2. The molecule has 4 rings (SSSR count). The van der Waals surface area contributed by atoms with Crippen LogP contribution in [0.1, 0.15) is 66.8 Å². The Balaban J connectivity index is 1.47. The van der Waals surface area contributed by atoms with Gasteiger partial charge in [0, 0.05) is 29.8 Å². The van der Waals surface area contributed by atoms with Gasteiger partial charge in [-0.15, -0.1) is 0 Å². The maximum Gasteiger partial charge on any atom is 0.272 e. The Bertz CT molecular complexity index is 812. The molecule has 1 aromatic heterocycles. The Labute approximate surface area is 160 Å². The number of benzene rings is 1. The van der Waals surface area contributed by atoms with Gasteiger partial charge < -0.3 is 10.1 Å². The van der Waals surface area contributed by atoms with Crippen LogP contribution in [0.2, 0.25) is 0 Å². The van der Waals surface area contributed by atoms with E-state index in [0.717, 1.165) is 56.4 Å². The number of carbonyl (C=O) groups is 1. The van der Waals surface area contributed by atoms with E-state index in [4.69, 9.17) is 4.74 Å². The Morgan fingerprint density at radius 1 is 1.26 bits per heavy atom. The Morgan fingerprint density at radius 2 is 2.07 bits per heavy atom. The van der Waals surface area contributed by atoms with Crippen LogP contribution >= 0.6 is 0 Å². The summed E-state index contributed by atoms with van der Waals surface area (Å²) in [6, 6.07) is 10.7. The van der Waals surface area contributed by atoms with Gasteiger partial charge in [0.2, 0.25) is 0 Å². The molecule has 2 heterocycles. The molecule has 5 nitrogen and oxygen atoms in total. The Hall–Kier alpha value is -2.14. The molecule has 1 aromatic carbocycles. The molecule has 1 aliphatic carbocycles. The molecule has 27 heavy (non-hydrogen) atoms. The second-order valence-corrected chi connectivity index (χ2v) is 8.57. The van der Waals surface area contributed by atoms with Crippen molar-refractivity contribution in [3.63, 3.8) is 0 Å². The van der Waals surface area contributed by atoms with Crippen molar-refractivity contribution in [1.29, 1.82) is 0 Å². The fourth-order valence-corrected chi connectivity index (χ4v) is 4.88. The van der Waals surface area contributed by atoms with E-state index in [1.807, 2.05) is 0 Å². The second-order valence-electron chi connectivity index (χ2n) is 8.57. The molecule has 1 amide bonds. The van der Waals surface area contributed by atoms with E-state index in [-0.39, 0.29) is 16.9 Å². The number of aryl methyl sites for hydroxylation is 1. The van der Waals surface area contributed by atoms with E-state index in [1.165, 1.54) is 5.56 Å². The molecule has 1 atom stereocenters. The van der Waals surface area contributed by atoms with Gasteiger partial charge in [-0.05, 0) is 57.9 Å². The molecule has 5 heteroatoms. The molecule has 144 valence electrons. The molecule has 1 aliphatic heterocycles. The Morgan fingerprint density at radius 3 is 2.85 bits per heavy atom. The molecule has 1 fully saturated rings. The van der Waals surface area contributed by atoms with E-state index in [2.05, 4.69) is 59.7 Å². The van der Waals surface area contributed by atoms with Crippen molar-refractivity contribution in [3.8, 4) is 0 Å². The van der Waals surface area contributed by atoms with Gasteiger partial charge in [0.25, 0.3) is 5.91 Å². The SMILES string of the molecule is CC1(C)C[C@@](CCNC(=O)c2n[nH]c3c2CCC3)(c2ccccc2)CCO1. The fraction of sp³-hybridized carbons (Fsp3) is 0.545. The lowest BCUT2D eigenvalue weighted by Gasteiger charge is -2.45. The zero-order valence-corrected chi connectivity index (χ0v) is 16.3. The highest BCUT2D eigenvalue weighted by Crippen LogP contribution is 2.43. The molecule has 0 unspecified atom stereocenters. The smallest absolute Gasteiger partial charge is 0.272 e. The lowest BCUT2D eigenvalue weighted by atomic mass is 9.67. The third kappa shape index (κ3) is 3.65. The minimum Gasteiger partial charge on any atom is -0.376 e. The number of amides is 1. The molecular weight excluding hydrogens is 338 g/mol. The van der Waals surface area contributed by atoms with Crippen molar-refractivity contribution in [2.45, 2.75) is 63.4 Å². The molecule has 2 aliphatic rings. The summed E-state index contributed by atoms with van der Waals surface area (Å²) < 4.78 is 5.98. The summed E-state index contributed by atoms with van der Waals surface area (Å²) in [5, 5.41) is 10.4. The van der Waals surface area contributed by atoms with Gasteiger partial charge in [-0.25, -0.2) is 0 Å². The predicted molar refractivity (Wildman–Crippen MR) is 105 cm³/mol. The standard InChI is InChI=1S/C22H29N3O2/c1-21(2)15-22(12-14-27-21,16-7-4-3-5-8-16)11-13-23-20(26)19-17-9-6-10-18(17)24-25-19/h3-5,7-8H,6,9-15H2,1-2H3,(H,23,26)(H,24,25)/t22-/m0/s1. The molecule has 0 bridgehead atoms. The van der Waals surface area contributed by atoms with E-state index in [0.29, 0.717) is 12.2 Å². The normalized spacial score (nSPS) is 23.8. The number of aromatic amines is 1. The number of fused-ring (bicyclic) bond motifs is 1. The van der Waals surface area contributed by atoms with Gasteiger partial charge in [0.05, 0.1) is 5.60 Å². The van der Waals surface area contributed by atoms with Crippen LogP contribution in [0.15, 0.2) is 30.3 Å². The average Bonchev–Trinajstić information content (AvgIpc) is 3.25. The number of hydrogen-bond donors (Lipinski definition) is 2. The molecule has 2 aromatic rings. The van der Waals surface area contributed by atoms with Crippen LogP contribution in [0.4, 0.5) is 0 Å². The number of rotatable bonds is 5. The van der Waals surface area contributed by atoms with Gasteiger partial charge in [-0.1, -0.05) is 30.3 Å². The zero-order valence-electron chi connectivity index (χ0n) is 16.3. The highest BCUT2D eigenvalue weighted by atomic mass is 16.5. The quantitative estimate of drug-likeness (QED) is 0.849. The lowest BCUT2D eigenvalue weighted by Crippen LogP contribution is -2.45. The molecule has 0 spiro atoms. The van der Waals surface area contributed by atoms with Crippen molar-refractivity contribution in [2.24, 2.45) is 0 Å². The van der Waals surface area contributed by atoms with Crippen molar-refractivity contribution in [3.05, 3.63) is 52.8 Å². The third-order valence-corrected chi connectivity index (χ3v) is 6.13. The van der Waals surface area contributed by atoms with E-state index in [1.54, 1.807) is 0 Å². The summed E-state index contributed by atoms with van der Waals surface area (Å²) in [5.74, 6) is -0.0519. The van der Waals surface area contributed by atoms with Crippen LogP contribution < -0.4 is 5.32 Å². The van der Waals surface area contributed by atoms with Crippen molar-refractivity contribution >= 4 is 5.91 Å². The number of H-pyrrole nitrogens is 1. The highest BCUT2D eigenvalue weighted by molar-refractivity contribution is 5.94. The van der Waals surface area contributed by atoms with E-state index >= 15 is 0 Å². The number of carbonyl (C=O) groups excluding carboxylic acids is 1. The summed E-state index contributed by atoms with van der Waals surface area (Å²) in [4.78, 5) is 12.7. The number of nitrogens with one attached hydrogen (secondary N) is 2. The molecule has 0 radical (unpaired) electrons. The van der Waals surface area contributed by atoms with Gasteiger partial charge in [-0.3, -0.25) is 9.89 Å². The number of aromatic nitrogens is 2. The first kappa shape index (κ1) is 18.2. The van der Waals surface area contributed by atoms with Gasteiger partial charge >= 0.3 is 0 Å². The maximum absolute atomic E-state index is 12.7. The summed E-state index contributed by atoms with van der Waals surface area (Å²) >= 11 is 0. The monoisotopic (exact) mass is 367 g/mol. The van der Waals surface area contributed by atoms with Crippen molar-refractivity contribution < 1.29 is 9.53 Å². The predicted octanol–water partition coefficient (Wildman–Crippen LogP) is 3.55. The molecule has 2 N–H and O–H groups in total. The summed E-state index contributed by atoms with van der Waals surface area (Å²) in [5.41, 5.74) is 4.05.